The largest absolute Gasteiger partial charge is 0.407 e. The van der Waals surface area contributed by atoms with E-state index in [1.807, 2.05) is 0 Å². The molecule has 1 fully saturated rings. The molecule has 1 atom stereocenters. The Bertz CT molecular complexity index is 138. The Morgan fingerprint density at radius 1 is 1.45 bits per heavy atom. The topological polar surface area (TPSA) is 38.5 Å². The summed E-state index contributed by atoms with van der Waals surface area (Å²) in [6.07, 6.45) is -4.28. The minimum absolute atomic E-state index is 0.129. The number of alkyl halides is 3. The predicted octanol–water partition coefficient (Wildman–Crippen LogP) is 0.123. The second kappa shape index (κ2) is 2.96. The van der Waals surface area contributed by atoms with Gasteiger partial charge in [-0.15, -0.1) is 0 Å². The van der Waals surface area contributed by atoms with Crippen LogP contribution in [-0.4, -0.2) is 37.0 Å². The maximum Gasteiger partial charge on any atom is 0.407 e. The highest BCUT2D eigenvalue weighted by atomic mass is 19.4. The van der Waals surface area contributed by atoms with Crippen molar-refractivity contribution in [3.63, 3.8) is 0 Å². The molecular weight excluding hydrogens is 161 g/mol. The smallest absolute Gasteiger partial charge is 0.378 e. The van der Waals surface area contributed by atoms with Gasteiger partial charge in [0.05, 0.1) is 13.2 Å². The molecule has 0 saturated carbocycles. The Morgan fingerprint density at radius 3 is 2.45 bits per heavy atom. The van der Waals surface area contributed by atoms with Crippen molar-refractivity contribution in [2.75, 3.05) is 19.8 Å². The molecule has 0 aliphatic carbocycles. The lowest BCUT2D eigenvalue weighted by atomic mass is 10.2. The fourth-order valence-electron chi connectivity index (χ4n) is 0.899. The molecular formula is C5H9F3N2O. The van der Waals surface area contributed by atoms with E-state index in [2.05, 4.69) is 4.74 Å². The van der Waals surface area contributed by atoms with Crippen LogP contribution in [0.25, 0.3) is 0 Å². The van der Waals surface area contributed by atoms with Crippen molar-refractivity contribution in [2.45, 2.75) is 12.2 Å². The van der Waals surface area contributed by atoms with Gasteiger partial charge < -0.3 is 4.74 Å². The monoisotopic (exact) mass is 170 g/mol. The zero-order chi connectivity index (χ0) is 8.48. The Hall–Kier alpha value is -0.330. The minimum atomic E-state index is -4.28. The molecule has 0 unspecified atom stereocenters. The summed E-state index contributed by atoms with van der Waals surface area (Å²) < 4.78 is 40.6. The number of ether oxygens (including phenoxy) is 1. The van der Waals surface area contributed by atoms with Crippen molar-refractivity contribution >= 4 is 0 Å². The van der Waals surface area contributed by atoms with Gasteiger partial charge in [-0.3, -0.25) is 5.84 Å². The van der Waals surface area contributed by atoms with Crippen LogP contribution in [0, 0.1) is 0 Å². The molecule has 3 nitrogen and oxygen atoms in total. The minimum Gasteiger partial charge on any atom is -0.378 e. The lowest BCUT2D eigenvalue weighted by molar-refractivity contribution is -0.212. The summed E-state index contributed by atoms with van der Waals surface area (Å²) in [6, 6.07) is -1.64. The van der Waals surface area contributed by atoms with E-state index < -0.39 is 12.2 Å². The maximum absolute atomic E-state index is 12.0. The molecule has 1 heterocycles. The first kappa shape index (κ1) is 8.76. The number of morpholine rings is 1. The highest BCUT2D eigenvalue weighted by Gasteiger charge is 2.44. The average Bonchev–Trinajstić information content (AvgIpc) is 1.86. The van der Waals surface area contributed by atoms with Gasteiger partial charge in [0, 0.05) is 6.54 Å². The van der Waals surface area contributed by atoms with E-state index in [9.17, 15) is 13.2 Å². The number of halogens is 3. The molecule has 6 heteroatoms. The molecule has 2 N–H and O–H groups in total. The summed E-state index contributed by atoms with van der Waals surface area (Å²) in [6.45, 7) is 0.0350. The summed E-state index contributed by atoms with van der Waals surface area (Å²) in [5, 5.41) is 0.767. The van der Waals surface area contributed by atoms with Crippen LogP contribution in [0.15, 0.2) is 0 Å². The third-order valence-corrected chi connectivity index (χ3v) is 1.55. The van der Waals surface area contributed by atoms with Gasteiger partial charge in [-0.25, -0.2) is 5.01 Å². The van der Waals surface area contributed by atoms with E-state index in [-0.39, 0.29) is 19.8 Å². The van der Waals surface area contributed by atoms with Crippen molar-refractivity contribution < 1.29 is 17.9 Å². The van der Waals surface area contributed by atoms with Crippen molar-refractivity contribution in [1.29, 1.82) is 0 Å². The molecule has 0 amide bonds. The number of nitrogens with zero attached hydrogens (tertiary/aromatic N) is 1. The molecule has 0 aromatic heterocycles. The summed E-state index contributed by atoms with van der Waals surface area (Å²) in [7, 11) is 0. The van der Waals surface area contributed by atoms with Gasteiger partial charge in [0.2, 0.25) is 0 Å². The van der Waals surface area contributed by atoms with Crippen LogP contribution < -0.4 is 5.84 Å². The molecule has 1 aliphatic rings. The van der Waals surface area contributed by atoms with Gasteiger partial charge in [-0.2, -0.15) is 13.2 Å². The lowest BCUT2D eigenvalue weighted by Gasteiger charge is -2.32. The molecule has 0 radical (unpaired) electrons. The van der Waals surface area contributed by atoms with E-state index >= 15 is 0 Å². The Labute approximate surface area is 61.9 Å². The third kappa shape index (κ3) is 2.05. The van der Waals surface area contributed by atoms with Crippen LogP contribution in [0.4, 0.5) is 13.2 Å². The van der Waals surface area contributed by atoms with Crippen LogP contribution in [0.1, 0.15) is 0 Å². The average molecular weight is 170 g/mol. The number of nitrogens with two attached hydrogens (primary N) is 1. The number of rotatable bonds is 0. The second-order valence-corrected chi connectivity index (χ2v) is 2.37. The molecule has 66 valence electrons. The fourth-order valence-corrected chi connectivity index (χ4v) is 0.899. The Kier molecular flexibility index (Phi) is 2.36. The van der Waals surface area contributed by atoms with E-state index in [4.69, 9.17) is 5.84 Å². The first-order valence-corrected chi connectivity index (χ1v) is 3.17. The molecule has 0 aromatic rings. The fraction of sp³-hybridized carbons (Fsp3) is 1.00. The summed E-state index contributed by atoms with van der Waals surface area (Å²) in [5.41, 5.74) is 0. The zero-order valence-corrected chi connectivity index (χ0v) is 5.77. The zero-order valence-electron chi connectivity index (χ0n) is 5.77. The molecule has 0 spiro atoms. The Morgan fingerprint density at radius 2 is 2.09 bits per heavy atom. The summed E-state index contributed by atoms with van der Waals surface area (Å²) in [4.78, 5) is 0. The van der Waals surface area contributed by atoms with Gasteiger partial charge in [0.1, 0.15) is 6.04 Å². The van der Waals surface area contributed by atoms with Crippen LogP contribution in [0.5, 0.6) is 0 Å². The maximum atomic E-state index is 12.0. The van der Waals surface area contributed by atoms with E-state index in [0.29, 0.717) is 0 Å². The van der Waals surface area contributed by atoms with Crippen molar-refractivity contribution in [3.05, 3.63) is 0 Å². The van der Waals surface area contributed by atoms with Crippen molar-refractivity contribution in [2.24, 2.45) is 5.84 Å². The van der Waals surface area contributed by atoms with E-state index in [1.54, 1.807) is 0 Å². The predicted molar refractivity (Wildman–Crippen MR) is 31.6 cm³/mol. The van der Waals surface area contributed by atoms with E-state index in [1.165, 1.54) is 0 Å². The van der Waals surface area contributed by atoms with Gasteiger partial charge >= 0.3 is 6.18 Å². The molecule has 11 heavy (non-hydrogen) atoms. The van der Waals surface area contributed by atoms with Crippen LogP contribution in [0.2, 0.25) is 0 Å². The Balaban J connectivity index is 2.55. The summed E-state index contributed by atoms with van der Waals surface area (Å²) >= 11 is 0. The second-order valence-electron chi connectivity index (χ2n) is 2.37. The SMILES string of the molecule is NN1CCOC[C@@H]1C(F)(F)F. The molecule has 1 aliphatic heterocycles. The molecule has 0 bridgehead atoms. The lowest BCUT2D eigenvalue weighted by Crippen LogP contribution is -2.56. The first-order chi connectivity index (χ1) is 5.02. The van der Waals surface area contributed by atoms with Gasteiger partial charge in [0.25, 0.3) is 0 Å². The van der Waals surface area contributed by atoms with Crippen LogP contribution in [0.3, 0.4) is 0 Å². The van der Waals surface area contributed by atoms with E-state index in [0.717, 1.165) is 5.01 Å². The highest BCUT2D eigenvalue weighted by Crippen LogP contribution is 2.24. The highest BCUT2D eigenvalue weighted by molar-refractivity contribution is 4.77. The number of hydrogen-bond acceptors (Lipinski definition) is 3. The third-order valence-electron chi connectivity index (χ3n) is 1.55. The molecule has 1 rings (SSSR count). The van der Waals surface area contributed by atoms with Crippen molar-refractivity contribution in [3.8, 4) is 0 Å². The van der Waals surface area contributed by atoms with Gasteiger partial charge in [-0.1, -0.05) is 0 Å². The normalized spacial score (nSPS) is 28.9. The molecule has 1 saturated heterocycles. The standard InChI is InChI=1S/C5H9F3N2O/c6-5(7,8)4-3-11-2-1-10(4)9/h4H,1-3,9H2/t4-/m1/s1. The van der Waals surface area contributed by atoms with Crippen LogP contribution in [-0.2, 0) is 4.74 Å². The number of hydrogen-bond donors (Lipinski definition) is 1. The van der Waals surface area contributed by atoms with Crippen LogP contribution >= 0.6 is 0 Å². The van der Waals surface area contributed by atoms with Gasteiger partial charge in [0.15, 0.2) is 0 Å². The molecule has 0 aromatic carbocycles. The van der Waals surface area contributed by atoms with Crippen molar-refractivity contribution in [1.82, 2.24) is 5.01 Å². The number of hydrazine groups is 1. The summed E-state index contributed by atoms with van der Waals surface area (Å²) in [5.74, 6) is 5.10. The van der Waals surface area contributed by atoms with Gasteiger partial charge in [-0.05, 0) is 0 Å². The quantitative estimate of drug-likeness (QED) is 0.525. The first-order valence-electron chi connectivity index (χ1n) is 3.17.